The van der Waals surface area contributed by atoms with Crippen LogP contribution in [0.4, 0.5) is 27.6 Å². The summed E-state index contributed by atoms with van der Waals surface area (Å²) >= 11 is 0. The van der Waals surface area contributed by atoms with Crippen molar-refractivity contribution in [3.8, 4) is 5.75 Å². The highest BCUT2D eigenvalue weighted by molar-refractivity contribution is 5.87. The van der Waals surface area contributed by atoms with E-state index in [2.05, 4.69) is 15.0 Å². The number of halogens is 5. The Morgan fingerprint density at radius 2 is 1.56 bits per heavy atom. The van der Waals surface area contributed by atoms with E-state index in [0.717, 1.165) is 43.5 Å². The number of nitrogens with zero attached hydrogens (tertiary/aromatic N) is 1. The summed E-state index contributed by atoms with van der Waals surface area (Å²) in [4.78, 5) is 13.5. The Morgan fingerprint density at radius 1 is 0.971 bits per heavy atom. The molecule has 2 saturated heterocycles. The summed E-state index contributed by atoms with van der Waals surface area (Å²) < 4.78 is 67.4. The third kappa shape index (κ3) is 5.43. The summed E-state index contributed by atoms with van der Waals surface area (Å²) in [6.45, 7) is -0.999. The summed E-state index contributed by atoms with van der Waals surface area (Å²) in [5.41, 5.74) is 2.08. The van der Waals surface area contributed by atoms with E-state index >= 15 is 0 Å². The fourth-order valence-corrected chi connectivity index (χ4v) is 4.75. The van der Waals surface area contributed by atoms with Gasteiger partial charge in [0.1, 0.15) is 5.75 Å². The zero-order valence-electron chi connectivity index (χ0n) is 18.2. The molecule has 2 fully saturated rings. The number of carboxylic acids is 1. The van der Waals surface area contributed by atoms with Gasteiger partial charge in [-0.2, -0.15) is 22.0 Å². The first kappa shape index (κ1) is 24.3. The number of hydrogen-bond acceptors (Lipinski definition) is 4. The molecule has 0 aliphatic carbocycles. The number of alkyl halides is 5. The standard InChI is InChI=1S/C24H25F5N2O3/c25-23(26,24(27,28)29)14-34-21-9-5-17(6-10-21)30-18-11-19-7-8-20(12-18)31(19)13-15-1-3-16(4-2-15)22(32)33/h1-6,9-10,18-20,30H,7-8,11-14H2,(H,32,33)/t18?,19-,20+. The summed E-state index contributed by atoms with van der Waals surface area (Å²) in [7, 11) is 0. The van der Waals surface area contributed by atoms with Crippen molar-refractivity contribution < 1.29 is 36.6 Å². The van der Waals surface area contributed by atoms with Gasteiger partial charge in [-0.25, -0.2) is 4.79 Å². The Morgan fingerprint density at radius 3 is 2.09 bits per heavy atom. The Bertz CT molecular complexity index is 981. The highest BCUT2D eigenvalue weighted by atomic mass is 19.4. The van der Waals surface area contributed by atoms with Crippen molar-refractivity contribution in [1.29, 1.82) is 0 Å². The molecule has 34 heavy (non-hydrogen) atoms. The minimum Gasteiger partial charge on any atom is -0.487 e. The molecule has 2 N–H and O–H groups in total. The van der Waals surface area contributed by atoms with Crippen LogP contribution in [0.15, 0.2) is 48.5 Å². The maximum Gasteiger partial charge on any atom is 0.456 e. The molecule has 0 aromatic heterocycles. The second-order valence-corrected chi connectivity index (χ2v) is 8.89. The van der Waals surface area contributed by atoms with Crippen molar-refractivity contribution in [2.24, 2.45) is 0 Å². The molecule has 2 bridgehead atoms. The Labute approximate surface area is 193 Å². The van der Waals surface area contributed by atoms with E-state index in [-0.39, 0.29) is 17.4 Å². The molecule has 0 amide bonds. The van der Waals surface area contributed by atoms with Crippen molar-refractivity contribution in [1.82, 2.24) is 4.90 Å². The topological polar surface area (TPSA) is 61.8 Å². The number of rotatable bonds is 8. The summed E-state index contributed by atoms with van der Waals surface area (Å²) in [6.07, 6.45) is -1.66. The van der Waals surface area contributed by atoms with Crippen LogP contribution in [0.1, 0.15) is 41.6 Å². The third-order valence-electron chi connectivity index (χ3n) is 6.51. The van der Waals surface area contributed by atoms with Crippen molar-refractivity contribution in [2.75, 3.05) is 11.9 Å². The molecule has 184 valence electrons. The van der Waals surface area contributed by atoms with Gasteiger partial charge >= 0.3 is 18.1 Å². The molecular weight excluding hydrogens is 459 g/mol. The van der Waals surface area contributed by atoms with Crippen LogP contribution < -0.4 is 10.1 Å². The lowest BCUT2D eigenvalue weighted by atomic mass is 9.96. The smallest absolute Gasteiger partial charge is 0.456 e. The molecule has 3 atom stereocenters. The second kappa shape index (κ2) is 9.40. The molecule has 2 aliphatic rings. The lowest BCUT2D eigenvalue weighted by Crippen LogP contribution is -2.46. The van der Waals surface area contributed by atoms with Gasteiger partial charge in [0.2, 0.25) is 0 Å². The second-order valence-electron chi connectivity index (χ2n) is 8.89. The first-order chi connectivity index (χ1) is 16.0. The van der Waals surface area contributed by atoms with Gasteiger partial charge in [-0.1, -0.05) is 12.1 Å². The number of aromatic carboxylic acids is 1. The van der Waals surface area contributed by atoms with Gasteiger partial charge in [0, 0.05) is 30.4 Å². The average molecular weight is 484 g/mol. The highest BCUT2D eigenvalue weighted by Gasteiger charge is 2.58. The molecular formula is C24H25F5N2O3. The monoisotopic (exact) mass is 484 g/mol. The maximum atomic E-state index is 13.0. The summed E-state index contributed by atoms with van der Waals surface area (Å²) in [5.74, 6) is -5.91. The molecule has 0 spiro atoms. The molecule has 1 unspecified atom stereocenters. The van der Waals surface area contributed by atoms with Gasteiger partial charge in [-0.15, -0.1) is 0 Å². The Hall–Kier alpha value is -2.88. The normalized spacial score (nSPS) is 23.0. The van der Waals surface area contributed by atoms with E-state index in [1.807, 2.05) is 12.1 Å². The summed E-state index contributed by atoms with van der Waals surface area (Å²) in [6, 6.07) is 13.9. The van der Waals surface area contributed by atoms with E-state index in [4.69, 9.17) is 5.11 Å². The number of fused-ring (bicyclic) bond motifs is 2. The fraction of sp³-hybridized carbons (Fsp3) is 0.458. The van der Waals surface area contributed by atoms with Gasteiger partial charge in [-0.3, -0.25) is 4.90 Å². The predicted octanol–water partition coefficient (Wildman–Crippen LogP) is 5.57. The molecule has 2 aromatic carbocycles. The van der Waals surface area contributed by atoms with Crippen LogP contribution in [0, 0.1) is 0 Å². The largest absolute Gasteiger partial charge is 0.487 e. The minimum atomic E-state index is -5.65. The maximum absolute atomic E-state index is 13.0. The van der Waals surface area contributed by atoms with E-state index in [9.17, 15) is 26.7 Å². The number of ether oxygens (including phenoxy) is 1. The van der Waals surface area contributed by atoms with Crippen molar-refractivity contribution >= 4 is 11.7 Å². The highest BCUT2D eigenvalue weighted by Crippen LogP contribution is 2.38. The van der Waals surface area contributed by atoms with Gasteiger partial charge in [0.05, 0.1) is 5.56 Å². The van der Waals surface area contributed by atoms with E-state index in [0.29, 0.717) is 12.1 Å². The van der Waals surface area contributed by atoms with Crippen molar-refractivity contribution in [3.05, 3.63) is 59.7 Å². The Kier molecular flexibility index (Phi) is 6.71. The van der Waals surface area contributed by atoms with Crippen LogP contribution in [0.3, 0.4) is 0 Å². The number of carboxylic acid groups (broad SMARTS) is 1. The molecule has 10 heteroatoms. The first-order valence-corrected chi connectivity index (χ1v) is 11.0. The van der Waals surface area contributed by atoms with Crippen molar-refractivity contribution in [3.63, 3.8) is 0 Å². The number of nitrogens with one attached hydrogen (secondary N) is 1. The third-order valence-corrected chi connectivity index (χ3v) is 6.51. The predicted molar refractivity (Wildman–Crippen MR) is 115 cm³/mol. The van der Waals surface area contributed by atoms with E-state index < -0.39 is 24.7 Å². The number of piperidine rings is 1. The van der Waals surface area contributed by atoms with Crippen molar-refractivity contribution in [2.45, 2.75) is 62.5 Å². The van der Waals surface area contributed by atoms with Gasteiger partial charge in [0.25, 0.3) is 0 Å². The van der Waals surface area contributed by atoms with Gasteiger partial charge in [0.15, 0.2) is 6.61 Å². The quantitative estimate of drug-likeness (QED) is 0.480. The van der Waals surface area contributed by atoms with Crippen LogP contribution in [0.5, 0.6) is 5.75 Å². The van der Waals surface area contributed by atoms with E-state index in [1.165, 1.54) is 12.1 Å². The molecule has 2 aromatic rings. The van der Waals surface area contributed by atoms with Crippen LogP contribution in [0.25, 0.3) is 0 Å². The lowest BCUT2D eigenvalue weighted by molar-refractivity contribution is -0.290. The average Bonchev–Trinajstić information content (AvgIpc) is 3.00. The summed E-state index contributed by atoms with van der Waals surface area (Å²) in [5, 5.41) is 12.5. The zero-order chi connectivity index (χ0) is 24.5. The number of hydrogen-bond donors (Lipinski definition) is 2. The number of benzene rings is 2. The van der Waals surface area contributed by atoms with Crippen LogP contribution in [-0.4, -0.2) is 52.8 Å². The SMILES string of the molecule is O=C(O)c1ccc(CN2[C@@H]3CC[C@H]2CC(Nc2ccc(OCC(F)(F)C(F)(F)F)cc2)C3)cc1. The molecule has 4 rings (SSSR count). The molecule has 2 aliphatic heterocycles. The molecule has 0 radical (unpaired) electrons. The first-order valence-electron chi connectivity index (χ1n) is 11.0. The number of carbonyl (C=O) groups is 1. The fourth-order valence-electron chi connectivity index (χ4n) is 4.75. The Balaban J connectivity index is 1.30. The van der Waals surface area contributed by atoms with Crippen LogP contribution in [0.2, 0.25) is 0 Å². The van der Waals surface area contributed by atoms with Crippen LogP contribution in [-0.2, 0) is 6.54 Å². The molecule has 5 nitrogen and oxygen atoms in total. The van der Waals surface area contributed by atoms with Gasteiger partial charge in [-0.05, 0) is 67.6 Å². The minimum absolute atomic E-state index is 0.0571. The number of anilines is 1. The van der Waals surface area contributed by atoms with Crippen LogP contribution >= 0.6 is 0 Å². The van der Waals surface area contributed by atoms with E-state index in [1.54, 1.807) is 24.3 Å². The lowest BCUT2D eigenvalue weighted by Gasteiger charge is -2.39. The van der Waals surface area contributed by atoms with Gasteiger partial charge < -0.3 is 15.2 Å². The molecule has 2 heterocycles. The zero-order valence-corrected chi connectivity index (χ0v) is 18.2. The molecule has 0 saturated carbocycles.